The van der Waals surface area contributed by atoms with Crippen molar-refractivity contribution < 1.29 is 4.74 Å². The number of hydrogen-bond donors (Lipinski definition) is 1. The zero-order chi connectivity index (χ0) is 8.74. The third-order valence-electron chi connectivity index (χ3n) is 1.37. The molecule has 11 heavy (non-hydrogen) atoms. The second kappa shape index (κ2) is 5.33. The first kappa shape index (κ1) is 10.7. The van der Waals surface area contributed by atoms with Crippen LogP contribution in [0.25, 0.3) is 0 Å². The Hall–Kier alpha value is -0.340. The minimum absolute atomic E-state index is 0.0578. The Balaban J connectivity index is 3.45. The molecule has 0 bridgehead atoms. The van der Waals surface area contributed by atoms with Crippen LogP contribution in [-0.2, 0) is 4.74 Å². The molecule has 2 heteroatoms. The van der Waals surface area contributed by atoms with Gasteiger partial charge in [-0.1, -0.05) is 6.08 Å². The average Bonchev–Trinajstić information content (AvgIpc) is 1.87. The molecule has 0 saturated carbocycles. The Labute approximate surface area is 69.6 Å². The third kappa shape index (κ3) is 6.07. The van der Waals surface area contributed by atoms with Crippen molar-refractivity contribution in [1.29, 1.82) is 0 Å². The van der Waals surface area contributed by atoms with Crippen LogP contribution in [-0.4, -0.2) is 25.3 Å². The largest absolute Gasteiger partial charge is 0.375 e. The van der Waals surface area contributed by atoms with Gasteiger partial charge in [-0.3, -0.25) is 0 Å². The number of ether oxygens (including phenoxy) is 1. The minimum atomic E-state index is -0.0578. The molecule has 0 aromatic carbocycles. The third-order valence-corrected chi connectivity index (χ3v) is 1.37. The van der Waals surface area contributed by atoms with Gasteiger partial charge in [0.1, 0.15) is 0 Å². The van der Waals surface area contributed by atoms with E-state index < -0.39 is 0 Å². The van der Waals surface area contributed by atoms with Gasteiger partial charge in [0.25, 0.3) is 0 Å². The van der Waals surface area contributed by atoms with Crippen LogP contribution in [0.5, 0.6) is 0 Å². The molecular weight excluding hydrogens is 138 g/mol. The highest BCUT2D eigenvalue weighted by Crippen LogP contribution is 2.06. The van der Waals surface area contributed by atoms with Crippen LogP contribution in [0.15, 0.2) is 12.7 Å². The van der Waals surface area contributed by atoms with E-state index in [1.165, 1.54) is 0 Å². The summed E-state index contributed by atoms with van der Waals surface area (Å²) >= 11 is 0. The molecule has 0 radical (unpaired) electrons. The number of hydrogen-bond acceptors (Lipinski definition) is 2. The Morgan fingerprint density at radius 3 is 2.64 bits per heavy atom. The molecular formula is C9H19NO. The summed E-state index contributed by atoms with van der Waals surface area (Å²) in [4.78, 5) is 0. The van der Waals surface area contributed by atoms with Crippen molar-refractivity contribution in [2.75, 3.05) is 19.7 Å². The molecule has 0 aliphatic rings. The fraction of sp³-hybridized carbons (Fsp3) is 0.778. The summed E-state index contributed by atoms with van der Waals surface area (Å²) < 4.78 is 5.48. The molecule has 0 unspecified atom stereocenters. The standard InChI is InChI=1S/C9H19NO/c1-5-7-10-8-9(3,4)11-6-2/h5,10H,1,6-8H2,2-4H3. The van der Waals surface area contributed by atoms with Gasteiger partial charge in [0.05, 0.1) is 5.60 Å². The summed E-state index contributed by atoms with van der Waals surface area (Å²) in [5.74, 6) is 0. The van der Waals surface area contributed by atoms with Crippen LogP contribution >= 0.6 is 0 Å². The van der Waals surface area contributed by atoms with Gasteiger partial charge < -0.3 is 10.1 Å². The second-order valence-corrected chi connectivity index (χ2v) is 3.11. The van der Waals surface area contributed by atoms with E-state index in [-0.39, 0.29) is 5.60 Å². The summed E-state index contributed by atoms with van der Waals surface area (Å²) in [6.45, 7) is 12.3. The summed E-state index contributed by atoms with van der Waals surface area (Å²) in [5, 5.41) is 3.22. The van der Waals surface area contributed by atoms with Crippen molar-refractivity contribution in [3.8, 4) is 0 Å². The van der Waals surface area contributed by atoms with Gasteiger partial charge in [-0.15, -0.1) is 6.58 Å². The van der Waals surface area contributed by atoms with E-state index in [0.717, 1.165) is 19.7 Å². The molecule has 1 N–H and O–H groups in total. The summed E-state index contributed by atoms with van der Waals surface area (Å²) in [7, 11) is 0. The molecule has 0 amide bonds. The van der Waals surface area contributed by atoms with Crippen molar-refractivity contribution in [2.24, 2.45) is 0 Å². The van der Waals surface area contributed by atoms with E-state index >= 15 is 0 Å². The monoisotopic (exact) mass is 157 g/mol. The Morgan fingerprint density at radius 1 is 1.55 bits per heavy atom. The Bertz CT molecular complexity index is 110. The van der Waals surface area contributed by atoms with Gasteiger partial charge in [-0.25, -0.2) is 0 Å². The second-order valence-electron chi connectivity index (χ2n) is 3.11. The van der Waals surface area contributed by atoms with E-state index in [0.29, 0.717) is 0 Å². The molecule has 0 atom stereocenters. The van der Waals surface area contributed by atoms with Crippen LogP contribution in [0.4, 0.5) is 0 Å². The zero-order valence-corrected chi connectivity index (χ0v) is 7.81. The van der Waals surface area contributed by atoms with Gasteiger partial charge in [0, 0.05) is 19.7 Å². The molecule has 2 nitrogen and oxygen atoms in total. The molecule has 0 heterocycles. The molecule has 0 fully saturated rings. The maximum Gasteiger partial charge on any atom is 0.0750 e. The predicted octanol–water partition coefficient (Wildman–Crippen LogP) is 1.58. The SMILES string of the molecule is C=CCNCC(C)(C)OCC. The summed E-state index contributed by atoms with van der Waals surface area (Å²) in [6.07, 6.45) is 1.85. The van der Waals surface area contributed by atoms with Gasteiger partial charge in [0.2, 0.25) is 0 Å². The topological polar surface area (TPSA) is 21.3 Å². The first-order valence-electron chi connectivity index (χ1n) is 4.08. The smallest absolute Gasteiger partial charge is 0.0750 e. The molecule has 0 aromatic heterocycles. The van der Waals surface area contributed by atoms with Crippen LogP contribution in [0.2, 0.25) is 0 Å². The minimum Gasteiger partial charge on any atom is -0.375 e. The Kier molecular flexibility index (Phi) is 5.16. The first-order chi connectivity index (χ1) is 5.12. The number of nitrogens with one attached hydrogen (secondary N) is 1. The zero-order valence-electron chi connectivity index (χ0n) is 7.81. The lowest BCUT2D eigenvalue weighted by Crippen LogP contribution is -2.37. The van der Waals surface area contributed by atoms with Crippen LogP contribution < -0.4 is 5.32 Å². The van der Waals surface area contributed by atoms with Crippen molar-refractivity contribution in [3.63, 3.8) is 0 Å². The average molecular weight is 157 g/mol. The highest BCUT2D eigenvalue weighted by Gasteiger charge is 2.15. The van der Waals surface area contributed by atoms with E-state index in [9.17, 15) is 0 Å². The van der Waals surface area contributed by atoms with Crippen molar-refractivity contribution in [2.45, 2.75) is 26.4 Å². The highest BCUT2D eigenvalue weighted by molar-refractivity contribution is 4.76. The van der Waals surface area contributed by atoms with E-state index in [1.54, 1.807) is 0 Å². The van der Waals surface area contributed by atoms with E-state index in [2.05, 4.69) is 25.7 Å². The quantitative estimate of drug-likeness (QED) is 0.467. The lowest BCUT2D eigenvalue weighted by Gasteiger charge is -2.24. The van der Waals surface area contributed by atoms with Gasteiger partial charge in [-0.2, -0.15) is 0 Å². The van der Waals surface area contributed by atoms with E-state index in [1.807, 2.05) is 13.0 Å². The van der Waals surface area contributed by atoms with Crippen LogP contribution in [0, 0.1) is 0 Å². The van der Waals surface area contributed by atoms with Crippen LogP contribution in [0.3, 0.4) is 0 Å². The molecule has 0 aromatic rings. The fourth-order valence-electron chi connectivity index (χ4n) is 0.917. The van der Waals surface area contributed by atoms with Crippen molar-refractivity contribution in [1.82, 2.24) is 5.32 Å². The fourth-order valence-corrected chi connectivity index (χ4v) is 0.917. The summed E-state index contributed by atoms with van der Waals surface area (Å²) in [6, 6.07) is 0. The van der Waals surface area contributed by atoms with Crippen molar-refractivity contribution >= 4 is 0 Å². The molecule has 0 aliphatic carbocycles. The first-order valence-corrected chi connectivity index (χ1v) is 4.08. The molecule has 0 rings (SSSR count). The Morgan fingerprint density at radius 2 is 2.18 bits per heavy atom. The highest BCUT2D eigenvalue weighted by atomic mass is 16.5. The normalized spacial score (nSPS) is 11.5. The van der Waals surface area contributed by atoms with Gasteiger partial charge in [-0.05, 0) is 20.8 Å². The predicted molar refractivity (Wildman–Crippen MR) is 48.8 cm³/mol. The molecule has 66 valence electrons. The maximum absolute atomic E-state index is 5.48. The molecule has 0 saturated heterocycles. The van der Waals surface area contributed by atoms with Crippen molar-refractivity contribution in [3.05, 3.63) is 12.7 Å². The summed E-state index contributed by atoms with van der Waals surface area (Å²) in [5.41, 5.74) is -0.0578. The van der Waals surface area contributed by atoms with Crippen LogP contribution in [0.1, 0.15) is 20.8 Å². The number of rotatable bonds is 6. The lowest BCUT2D eigenvalue weighted by atomic mass is 10.1. The maximum atomic E-state index is 5.48. The lowest BCUT2D eigenvalue weighted by molar-refractivity contribution is -0.00811. The molecule has 0 aliphatic heterocycles. The molecule has 0 spiro atoms. The van der Waals surface area contributed by atoms with Gasteiger partial charge >= 0.3 is 0 Å². The van der Waals surface area contributed by atoms with Gasteiger partial charge in [0.15, 0.2) is 0 Å². The van der Waals surface area contributed by atoms with E-state index in [4.69, 9.17) is 4.74 Å².